The van der Waals surface area contributed by atoms with E-state index in [1.807, 2.05) is 77.4 Å². The number of aromatic nitrogens is 4. The minimum atomic E-state index is 0.0792. The third kappa shape index (κ3) is 5.04. The molecule has 0 aliphatic carbocycles. The third-order valence-corrected chi connectivity index (χ3v) is 10.0. The summed E-state index contributed by atoms with van der Waals surface area (Å²) in [6.07, 6.45) is 0. The van der Waals surface area contributed by atoms with Crippen molar-refractivity contribution in [2.75, 3.05) is 0 Å². The van der Waals surface area contributed by atoms with Crippen LogP contribution in [0.1, 0.15) is 0 Å². The van der Waals surface area contributed by atoms with E-state index >= 15 is 0 Å². The van der Waals surface area contributed by atoms with Crippen LogP contribution in [-0.2, 0) is 0 Å². The Hall–Kier alpha value is -5.42. The van der Waals surface area contributed by atoms with E-state index < -0.39 is 0 Å². The molecule has 3 heterocycles. The molecule has 0 aliphatic rings. The molecule has 15 heteroatoms. The van der Waals surface area contributed by atoms with Crippen LogP contribution in [0.3, 0.4) is 0 Å². The monoisotopic (exact) mass is 664 g/mol. The second kappa shape index (κ2) is 12.6. The van der Waals surface area contributed by atoms with E-state index in [4.69, 9.17) is 97.8 Å². The molecular formula is C39H14B10N4O. The predicted octanol–water partition coefficient (Wildman–Crippen LogP) is -2.19. The van der Waals surface area contributed by atoms with Gasteiger partial charge in [0.15, 0.2) is 11.6 Å². The lowest BCUT2D eigenvalue weighted by atomic mass is 9.59. The Morgan fingerprint density at radius 1 is 0.389 bits per heavy atom. The van der Waals surface area contributed by atoms with Gasteiger partial charge in [-0.1, -0.05) is 64.3 Å². The van der Waals surface area contributed by atoms with E-state index in [2.05, 4.69) is 12.1 Å². The highest BCUT2D eigenvalue weighted by atomic mass is 16.3. The quantitative estimate of drug-likeness (QED) is 0.201. The van der Waals surface area contributed by atoms with Crippen molar-refractivity contribution in [1.82, 2.24) is 19.5 Å². The number of fused-ring (bicyclic) bond motifs is 6. The van der Waals surface area contributed by atoms with Gasteiger partial charge in [0.05, 0.1) is 11.0 Å². The Kier molecular flexibility index (Phi) is 8.00. The zero-order valence-corrected chi connectivity index (χ0v) is 28.6. The van der Waals surface area contributed by atoms with Crippen LogP contribution in [0.25, 0.3) is 83.6 Å². The molecule has 0 N–H and O–H groups in total. The lowest BCUT2D eigenvalue weighted by molar-refractivity contribution is 0.669. The first-order valence-electron chi connectivity index (χ1n) is 16.7. The maximum absolute atomic E-state index is 6.55. The molecule has 0 unspecified atom stereocenters. The molecule has 226 valence electrons. The predicted molar refractivity (Wildman–Crippen MR) is 232 cm³/mol. The topological polar surface area (TPSA) is 56.7 Å². The minimum absolute atomic E-state index is 0.0792. The Morgan fingerprint density at radius 2 is 0.889 bits per heavy atom. The van der Waals surface area contributed by atoms with Crippen LogP contribution in [0, 0.1) is 0 Å². The average Bonchev–Trinajstić information content (AvgIpc) is 3.73. The van der Waals surface area contributed by atoms with E-state index in [1.54, 1.807) is 0 Å². The highest BCUT2D eigenvalue weighted by molar-refractivity contribution is 6.69. The second-order valence-corrected chi connectivity index (χ2v) is 13.1. The Morgan fingerprint density at radius 3 is 1.48 bits per heavy atom. The summed E-state index contributed by atoms with van der Waals surface area (Å²) in [5, 5.41) is 3.66. The molecule has 0 saturated carbocycles. The minimum Gasteiger partial charge on any atom is -0.456 e. The number of furan rings is 1. The van der Waals surface area contributed by atoms with Crippen LogP contribution >= 0.6 is 0 Å². The van der Waals surface area contributed by atoms with Gasteiger partial charge in [-0.25, -0.2) is 4.98 Å². The van der Waals surface area contributed by atoms with E-state index in [-0.39, 0.29) is 66.0 Å². The van der Waals surface area contributed by atoms with Gasteiger partial charge in [-0.15, -0.1) is 32.8 Å². The van der Waals surface area contributed by atoms with Crippen molar-refractivity contribution < 1.29 is 4.42 Å². The summed E-state index contributed by atoms with van der Waals surface area (Å²) in [5.74, 6) is 0.800. The molecule has 0 saturated heterocycles. The Labute approximate surface area is 324 Å². The van der Waals surface area contributed by atoms with Gasteiger partial charge in [-0.2, -0.15) is 9.97 Å². The van der Waals surface area contributed by atoms with Gasteiger partial charge in [-0.05, 0) is 53.6 Å². The lowest BCUT2D eigenvalue weighted by Gasteiger charge is -2.21. The van der Waals surface area contributed by atoms with Gasteiger partial charge in [0.2, 0.25) is 5.95 Å². The summed E-state index contributed by atoms with van der Waals surface area (Å²) in [5.41, 5.74) is 6.36. The van der Waals surface area contributed by atoms with Crippen LogP contribution in [0.4, 0.5) is 0 Å². The zero-order chi connectivity index (χ0) is 37.7. The SMILES string of the molecule is [B]c1c([B])c([B])c(-c2ccc3c(c2)oc2ccc(-c4nc(-c5c([B])c([B])c([B])c([B])c5[B])nc(-n5c6ccccc6c6ccccc65)n4)cc23)c([B])c1[B]. The van der Waals surface area contributed by atoms with Crippen LogP contribution in [-0.4, -0.2) is 98.0 Å². The fourth-order valence-electron chi connectivity index (χ4n) is 7.17. The van der Waals surface area contributed by atoms with Crippen molar-refractivity contribution >= 4 is 177 Å². The Balaban J connectivity index is 1.28. The first-order chi connectivity index (χ1) is 25.9. The number of hydrogen-bond donors (Lipinski definition) is 0. The smallest absolute Gasteiger partial charge is 0.238 e. The van der Waals surface area contributed by atoms with E-state index in [0.29, 0.717) is 39.6 Å². The van der Waals surface area contributed by atoms with Crippen molar-refractivity contribution in [3.63, 3.8) is 0 Å². The summed E-state index contributed by atoms with van der Waals surface area (Å²) in [6.45, 7) is 0. The van der Waals surface area contributed by atoms with Crippen LogP contribution in [0.15, 0.2) is 89.3 Å². The molecule has 0 fully saturated rings. The normalized spacial score (nSPS) is 11.7. The van der Waals surface area contributed by atoms with Crippen molar-refractivity contribution in [3.05, 3.63) is 84.9 Å². The maximum Gasteiger partial charge on any atom is 0.238 e. The molecule has 0 amide bonds. The number of rotatable bonds is 4. The largest absolute Gasteiger partial charge is 0.456 e. The van der Waals surface area contributed by atoms with Crippen molar-refractivity contribution in [2.45, 2.75) is 0 Å². The first kappa shape index (κ1) is 34.4. The van der Waals surface area contributed by atoms with Gasteiger partial charge in [0, 0.05) is 32.7 Å². The van der Waals surface area contributed by atoms with Gasteiger partial charge < -0.3 is 4.42 Å². The maximum atomic E-state index is 6.55. The van der Waals surface area contributed by atoms with Gasteiger partial charge >= 0.3 is 0 Å². The zero-order valence-electron chi connectivity index (χ0n) is 28.6. The molecule has 6 aromatic carbocycles. The van der Waals surface area contributed by atoms with Crippen LogP contribution < -0.4 is 54.6 Å². The molecule has 3 aromatic heterocycles. The van der Waals surface area contributed by atoms with Gasteiger partial charge in [-0.3, -0.25) is 4.57 Å². The summed E-state index contributed by atoms with van der Waals surface area (Å²) in [4.78, 5) is 14.9. The van der Waals surface area contributed by atoms with E-state index in [0.717, 1.165) is 32.6 Å². The molecule has 0 atom stereocenters. The molecule has 0 aliphatic heterocycles. The van der Waals surface area contributed by atoms with E-state index in [1.165, 1.54) is 0 Å². The molecular weight excluding hydrogens is 649 g/mol. The molecule has 0 spiro atoms. The summed E-state index contributed by atoms with van der Waals surface area (Å²) >= 11 is 0. The fourth-order valence-corrected chi connectivity index (χ4v) is 7.17. The van der Waals surface area contributed by atoms with Crippen molar-refractivity contribution in [3.8, 4) is 39.9 Å². The van der Waals surface area contributed by atoms with Crippen molar-refractivity contribution in [2.24, 2.45) is 0 Å². The fraction of sp³-hybridized carbons (Fsp3) is 0. The molecule has 0 bridgehead atoms. The highest BCUT2D eigenvalue weighted by Crippen LogP contribution is 2.35. The van der Waals surface area contributed by atoms with Crippen molar-refractivity contribution in [1.29, 1.82) is 0 Å². The second-order valence-electron chi connectivity index (χ2n) is 13.1. The molecule has 9 aromatic rings. The average molecular weight is 663 g/mol. The molecule has 9 rings (SSSR count). The number of para-hydroxylation sites is 2. The number of hydrogen-bond acceptors (Lipinski definition) is 4. The van der Waals surface area contributed by atoms with E-state index in [9.17, 15) is 0 Å². The third-order valence-electron chi connectivity index (χ3n) is 10.0. The van der Waals surface area contributed by atoms with Crippen LogP contribution in [0.2, 0.25) is 0 Å². The highest BCUT2D eigenvalue weighted by Gasteiger charge is 2.22. The Bertz CT molecular complexity index is 2970. The van der Waals surface area contributed by atoms with Gasteiger partial charge in [0.25, 0.3) is 0 Å². The number of benzene rings is 6. The molecule has 54 heavy (non-hydrogen) atoms. The first-order valence-corrected chi connectivity index (χ1v) is 16.7. The van der Waals surface area contributed by atoms with Crippen LogP contribution in [0.5, 0.6) is 0 Å². The van der Waals surface area contributed by atoms with Gasteiger partial charge in [0.1, 0.15) is 89.6 Å². The summed E-state index contributed by atoms with van der Waals surface area (Å²) in [6, 6.07) is 27.3. The number of nitrogens with zero attached hydrogens (tertiary/aromatic N) is 4. The molecule has 5 nitrogen and oxygen atoms in total. The standard InChI is InChI=1S/C39H14B10N4O/c40-27-25(28(41)32(45)35(48)31(27)44)15-9-11-19-20-13-16(10-12-23(20)54-24(19)14-15)37-50-38(26-29(42)33(46)36(49)34(47)30(26)43)52-39(51-37)53-21-7-3-1-5-17(21)18-6-2-4-8-22(18)53/h1-14H. The summed E-state index contributed by atoms with van der Waals surface area (Å²) < 4.78 is 8.28. The summed E-state index contributed by atoms with van der Waals surface area (Å²) in [7, 11) is 62.9. The lowest BCUT2D eigenvalue weighted by Crippen LogP contribution is -2.55. The molecule has 20 radical (unpaired) electrons.